The summed E-state index contributed by atoms with van der Waals surface area (Å²) in [6.45, 7) is 2.32. The quantitative estimate of drug-likeness (QED) is 0.837. The number of nitriles is 1. The molecule has 1 aliphatic heterocycles. The first-order valence-corrected chi connectivity index (χ1v) is 6.67. The lowest BCUT2D eigenvalue weighted by atomic mass is 10.1. The smallest absolute Gasteiger partial charge is 0.124 e. The van der Waals surface area contributed by atoms with Crippen LogP contribution in [0.25, 0.3) is 0 Å². The molecule has 4 heteroatoms. The highest BCUT2D eigenvalue weighted by Gasteiger charge is 2.16. The Morgan fingerprint density at radius 1 is 1.42 bits per heavy atom. The van der Waals surface area contributed by atoms with E-state index in [0.29, 0.717) is 12.1 Å². The van der Waals surface area contributed by atoms with Crippen molar-refractivity contribution in [1.82, 2.24) is 4.90 Å². The minimum absolute atomic E-state index is 0.280. The summed E-state index contributed by atoms with van der Waals surface area (Å²) in [6, 6.07) is 6.46. The first-order valence-electron chi connectivity index (χ1n) is 6.67. The van der Waals surface area contributed by atoms with Crippen LogP contribution in [0.15, 0.2) is 18.2 Å². The van der Waals surface area contributed by atoms with Gasteiger partial charge in [0.05, 0.1) is 17.7 Å². The summed E-state index contributed by atoms with van der Waals surface area (Å²) in [4.78, 5) is 2.12. The zero-order valence-corrected chi connectivity index (χ0v) is 11.2. The number of hydrogen-bond donors (Lipinski definition) is 0. The predicted octanol–water partition coefficient (Wildman–Crippen LogP) is 2.70. The lowest BCUT2D eigenvalue weighted by molar-refractivity contribution is -0.00259. The number of likely N-dealkylation sites (N-methyl/N-ethyl adjacent to an activating group) is 1. The van der Waals surface area contributed by atoms with Crippen LogP contribution in [0.3, 0.4) is 0 Å². The molecule has 1 aromatic rings. The largest absolute Gasteiger partial charge is 0.377 e. The molecule has 2 rings (SSSR count). The molecule has 0 N–H and O–H groups in total. The second-order valence-electron chi connectivity index (χ2n) is 5.15. The Kier molecular flexibility index (Phi) is 4.89. The molecule has 0 spiro atoms. The van der Waals surface area contributed by atoms with Gasteiger partial charge in [-0.2, -0.15) is 5.26 Å². The van der Waals surface area contributed by atoms with E-state index in [1.165, 1.54) is 18.6 Å². The van der Waals surface area contributed by atoms with Gasteiger partial charge in [0, 0.05) is 19.7 Å². The van der Waals surface area contributed by atoms with Gasteiger partial charge in [-0.15, -0.1) is 0 Å². The van der Waals surface area contributed by atoms with Gasteiger partial charge in [-0.25, -0.2) is 4.39 Å². The molecule has 0 bridgehead atoms. The van der Waals surface area contributed by atoms with E-state index in [0.717, 1.165) is 31.6 Å². The summed E-state index contributed by atoms with van der Waals surface area (Å²) in [5, 5.41) is 8.83. The van der Waals surface area contributed by atoms with Crippen molar-refractivity contribution in [2.45, 2.75) is 31.9 Å². The maximum Gasteiger partial charge on any atom is 0.124 e. The van der Waals surface area contributed by atoms with Gasteiger partial charge in [-0.1, -0.05) is 0 Å². The highest BCUT2D eigenvalue weighted by Crippen LogP contribution is 2.15. The molecule has 102 valence electrons. The van der Waals surface area contributed by atoms with Crippen molar-refractivity contribution in [3.63, 3.8) is 0 Å². The van der Waals surface area contributed by atoms with Crippen LogP contribution in [-0.4, -0.2) is 31.2 Å². The minimum atomic E-state index is -0.351. The highest BCUT2D eigenvalue weighted by atomic mass is 19.1. The molecule has 0 saturated carbocycles. The van der Waals surface area contributed by atoms with Gasteiger partial charge in [0.15, 0.2) is 0 Å². The van der Waals surface area contributed by atoms with Crippen LogP contribution in [0.2, 0.25) is 0 Å². The molecule has 0 aromatic heterocycles. The monoisotopic (exact) mass is 262 g/mol. The van der Waals surface area contributed by atoms with Crippen LogP contribution in [0.1, 0.15) is 30.4 Å². The Morgan fingerprint density at radius 2 is 2.26 bits per heavy atom. The van der Waals surface area contributed by atoms with Gasteiger partial charge in [0.25, 0.3) is 0 Å². The van der Waals surface area contributed by atoms with E-state index in [1.807, 2.05) is 13.1 Å². The third-order valence-corrected chi connectivity index (χ3v) is 3.33. The summed E-state index contributed by atoms with van der Waals surface area (Å²) < 4.78 is 19.0. The Bertz CT molecular complexity index is 464. The molecule has 1 atom stereocenters. The van der Waals surface area contributed by atoms with E-state index in [2.05, 4.69) is 4.90 Å². The van der Waals surface area contributed by atoms with Gasteiger partial charge < -0.3 is 4.74 Å². The van der Waals surface area contributed by atoms with E-state index in [-0.39, 0.29) is 11.9 Å². The average molecular weight is 262 g/mol. The molecular weight excluding hydrogens is 243 g/mol. The Morgan fingerprint density at radius 3 is 2.95 bits per heavy atom. The molecule has 1 fully saturated rings. The zero-order chi connectivity index (χ0) is 13.7. The topological polar surface area (TPSA) is 36.3 Å². The van der Waals surface area contributed by atoms with Crippen molar-refractivity contribution in [1.29, 1.82) is 5.26 Å². The number of halogens is 1. The van der Waals surface area contributed by atoms with E-state index in [1.54, 1.807) is 6.07 Å². The normalized spacial score (nSPS) is 19.4. The fourth-order valence-corrected chi connectivity index (χ4v) is 2.48. The van der Waals surface area contributed by atoms with Gasteiger partial charge in [-0.05, 0) is 50.1 Å². The van der Waals surface area contributed by atoms with Crippen molar-refractivity contribution < 1.29 is 9.13 Å². The molecule has 19 heavy (non-hydrogen) atoms. The van der Waals surface area contributed by atoms with Crippen LogP contribution in [0.5, 0.6) is 0 Å². The molecule has 1 heterocycles. The van der Waals surface area contributed by atoms with Crippen molar-refractivity contribution in [3.8, 4) is 6.07 Å². The molecule has 1 saturated heterocycles. The molecule has 0 amide bonds. The van der Waals surface area contributed by atoms with E-state index in [9.17, 15) is 4.39 Å². The fourth-order valence-electron chi connectivity index (χ4n) is 2.48. The molecule has 0 radical (unpaired) electrons. The maximum atomic E-state index is 13.3. The SMILES string of the molecule is CN(Cc1cc(F)cc(C#N)c1)CC1CCCCO1. The lowest BCUT2D eigenvalue weighted by Crippen LogP contribution is -2.33. The van der Waals surface area contributed by atoms with Gasteiger partial charge >= 0.3 is 0 Å². The van der Waals surface area contributed by atoms with E-state index in [4.69, 9.17) is 10.00 Å². The summed E-state index contributed by atoms with van der Waals surface area (Å²) >= 11 is 0. The highest BCUT2D eigenvalue weighted by molar-refractivity contribution is 5.33. The molecule has 1 aromatic carbocycles. The van der Waals surface area contributed by atoms with E-state index < -0.39 is 0 Å². The molecule has 0 aliphatic carbocycles. The zero-order valence-electron chi connectivity index (χ0n) is 11.2. The second-order valence-corrected chi connectivity index (χ2v) is 5.15. The number of nitrogens with zero attached hydrogens (tertiary/aromatic N) is 2. The second kappa shape index (κ2) is 6.65. The fraction of sp³-hybridized carbons (Fsp3) is 0.533. The maximum absolute atomic E-state index is 13.3. The van der Waals surface area contributed by atoms with Crippen LogP contribution in [-0.2, 0) is 11.3 Å². The van der Waals surface area contributed by atoms with Crippen LogP contribution < -0.4 is 0 Å². The minimum Gasteiger partial charge on any atom is -0.377 e. The van der Waals surface area contributed by atoms with Crippen LogP contribution >= 0.6 is 0 Å². The summed E-state index contributed by atoms with van der Waals surface area (Å²) in [5.41, 5.74) is 1.20. The Balaban J connectivity index is 1.92. The average Bonchev–Trinajstić information content (AvgIpc) is 2.38. The predicted molar refractivity (Wildman–Crippen MR) is 71.0 cm³/mol. The molecule has 1 unspecified atom stereocenters. The lowest BCUT2D eigenvalue weighted by Gasteiger charge is -2.27. The Labute approximate surface area is 113 Å². The van der Waals surface area contributed by atoms with Crippen LogP contribution in [0.4, 0.5) is 4.39 Å². The van der Waals surface area contributed by atoms with Crippen molar-refractivity contribution in [2.24, 2.45) is 0 Å². The third-order valence-electron chi connectivity index (χ3n) is 3.33. The van der Waals surface area contributed by atoms with Crippen molar-refractivity contribution in [3.05, 3.63) is 35.1 Å². The summed E-state index contributed by atoms with van der Waals surface area (Å²) in [7, 11) is 1.99. The van der Waals surface area contributed by atoms with E-state index >= 15 is 0 Å². The molecular formula is C15H19FN2O. The van der Waals surface area contributed by atoms with Gasteiger partial charge in [0.1, 0.15) is 5.82 Å². The number of hydrogen-bond acceptors (Lipinski definition) is 3. The Hall–Kier alpha value is -1.44. The van der Waals surface area contributed by atoms with Crippen molar-refractivity contribution >= 4 is 0 Å². The number of ether oxygens (including phenoxy) is 1. The summed E-state index contributed by atoms with van der Waals surface area (Å²) in [6.07, 6.45) is 3.74. The van der Waals surface area contributed by atoms with Gasteiger partial charge in [0.2, 0.25) is 0 Å². The summed E-state index contributed by atoms with van der Waals surface area (Å²) in [5.74, 6) is -0.351. The van der Waals surface area contributed by atoms with Gasteiger partial charge in [-0.3, -0.25) is 4.90 Å². The first kappa shape index (κ1) is 14.0. The molecule has 1 aliphatic rings. The standard InChI is InChI=1S/C15H19FN2O/c1-18(11-15-4-2-3-5-19-15)10-13-6-12(9-17)7-14(16)8-13/h6-8,15H,2-5,10-11H2,1H3. The van der Waals surface area contributed by atoms with Crippen molar-refractivity contribution in [2.75, 3.05) is 20.2 Å². The third kappa shape index (κ3) is 4.30. The van der Waals surface area contributed by atoms with Crippen LogP contribution in [0, 0.1) is 17.1 Å². The number of benzene rings is 1. The number of rotatable bonds is 4. The molecule has 3 nitrogen and oxygen atoms in total. The first-order chi connectivity index (χ1) is 9.17.